The smallest absolute Gasteiger partial charge is 0.247 e. The molecular weight excluding hydrogens is 372 g/mol. The number of aromatic hydroxyl groups is 2. The molecule has 0 saturated heterocycles. The fraction of sp³-hybridized carbons (Fsp3) is 0.143. The number of phenolic OH excluding ortho intramolecular Hbond substituents is 2. The molecule has 2 amide bonds. The molecule has 7 N–H and O–H groups in total. The van der Waals surface area contributed by atoms with E-state index in [0.29, 0.717) is 22.0 Å². The highest BCUT2D eigenvalue weighted by Crippen LogP contribution is 2.31. The predicted molar refractivity (Wildman–Crippen MR) is 108 cm³/mol. The van der Waals surface area contributed by atoms with Gasteiger partial charge in [0.05, 0.1) is 6.42 Å². The maximum absolute atomic E-state index is 12.8. The van der Waals surface area contributed by atoms with Gasteiger partial charge in [-0.3, -0.25) is 9.59 Å². The molecule has 0 aliphatic rings. The third kappa shape index (κ3) is 3.14. The molecule has 0 saturated carbocycles. The highest BCUT2D eigenvalue weighted by atomic mass is 16.3. The molecule has 0 aliphatic carbocycles. The van der Waals surface area contributed by atoms with Crippen LogP contribution in [0.2, 0.25) is 0 Å². The second kappa shape index (κ2) is 6.59. The van der Waals surface area contributed by atoms with Crippen molar-refractivity contribution in [2.75, 3.05) is 0 Å². The number of aromatic nitrogens is 2. The molecule has 2 aromatic carbocycles. The van der Waals surface area contributed by atoms with Gasteiger partial charge in [-0.25, -0.2) is 0 Å². The van der Waals surface area contributed by atoms with E-state index in [2.05, 4.69) is 15.3 Å². The SMILES string of the molecule is CC(NC(=O)Cc1c[nH]c2ccc(O)cc12)(C(N)=O)c1c[nH]c2ccc(O)cc12. The lowest BCUT2D eigenvalue weighted by atomic mass is 9.90. The summed E-state index contributed by atoms with van der Waals surface area (Å²) in [5.74, 6) is -1.01. The molecule has 148 valence electrons. The lowest BCUT2D eigenvalue weighted by Crippen LogP contribution is -2.53. The minimum atomic E-state index is -1.49. The highest BCUT2D eigenvalue weighted by Gasteiger charge is 2.37. The number of carbonyl (C=O) groups excluding carboxylic acids is 2. The van der Waals surface area contributed by atoms with E-state index in [1.54, 1.807) is 36.7 Å². The van der Waals surface area contributed by atoms with Crippen LogP contribution in [0.5, 0.6) is 11.5 Å². The molecular formula is C21H20N4O4. The zero-order valence-corrected chi connectivity index (χ0v) is 15.6. The third-order valence-electron chi connectivity index (χ3n) is 5.19. The zero-order valence-electron chi connectivity index (χ0n) is 15.6. The summed E-state index contributed by atoms with van der Waals surface area (Å²) in [5, 5.41) is 23.6. The number of rotatable bonds is 5. The molecule has 2 aromatic heterocycles. The van der Waals surface area contributed by atoms with Crippen molar-refractivity contribution in [2.45, 2.75) is 18.9 Å². The number of fused-ring (bicyclic) bond motifs is 2. The van der Waals surface area contributed by atoms with Crippen molar-refractivity contribution in [3.8, 4) is 11.5 Å². The topological polar surface area (TPSA) is 144 Å². The molecule has 0 fully saturated rings. The molecule has 0 bridgehead atoms. The van der Waals surface area contributed by atoms with E-state index >= 15 is 0 Å². The van der Waals surface area contributed by atoms with E-state index in [0.717, 1.165) is 10.9 Å². The summed E-state index contributed by atoms with van der Waals surface area (Å²) in [4.78, 5) is 31.2. The summed E-state index contributed by atoms with van der Waals surface area (Å²) in [7, 11) is 0. The summed E-state index contributed by atoms with van der Waals surface area (Å²) in [6.07, 6.45) is 3.27. The van der Waals surface area contributed by atoms with E-state index in [-0.39, 0.29) is 17.9 Å². The van der Waals surface area contributed by atoms with E-state index in [9.17, 15) is 19.8 Å². The lowest BCUT2D eigenvalue weighted by molar-refractivity contribution is -0.131. The van der Waals surface area contributed by atoms with Gasteiger partial charge in [0, 0.05) is 39.8 Å². The molecule has 1 unspecified atom stereocenters. The fourth-order valence-electron chi connectivity index (χ4n) is 3.59. The van der Waals surface area contributed by atoms with Gasteiger partial charge in [0.15, 0.2) is 0 Å². The molecule has 0 spiro atoms. The Hall–Kier alpha value is -3.94. The quantitative estimate of drug-likeness (QED) is 0.309. The Balaban J connectivity index is 1.67. The van der Waals surface area contributed by atoms with Crippen LogP contribution in [-0.2, 0) is 21.5 Å². The first-order chi connectivity index (χ1) is 13.8. The Bertz CT molecular complexity index is 1260. The zero-order chi connectivity index (χ0) is 20.8. The van der Waals surface area contributed by atoms with Gasteiger partial charge in [0.25, 0.3) is 0 Å². The van der Waals surface area contributed by atoms with Crippen molar-refractivity contribution in [1.82, 2.24) is 15.3 Å². The van der Waals surface area contributed by atoms with Gasteiger partial charge in [0.2, 0.25) is 11.8 Å². The van der Waals surface area contributed by atoms with Crippen molar-refractivity contribution < 1.29 is 19.8 Å². The molecule has 8 nitrogen and oxygen atoms in total. The van der Waals surface area contributed by atoms with Crippen LogP contribution >= 0.6 is 0 Å². The number of H-pyrrole nitrogens is 2. The molecule has 1 atom stereocenters. The number of amides is 2. The van der Waals surface area contributed by atoms with Crippen molar-refractivity contribution in [3.05, 3.63) is 59.9 Å². The number of hydrogen-bond acceptors (Lipinski definition) is 4. The summed E-state index contributed by atoms with van der Waals surface area (Å²) in [6, 6.07) is 9.56. The number of phenols is 2. The van der Waals surface area contributed by atoms with Crippen molar-refractivity contribution in [3.63, 3.8) is 0 Å². The van der Waals surface area contributed by atoms with Crippen LogP contribution in [0.1, 0.15) is 18.1 Å². The van der Waals surface area contributed by atoms with Gasteiger partial charge >= 0.3 is 0 Å². The predicted octanol–water partition coefficient (Wildman–Crippen LogP) is 2.12. The Morgan fingerprint density at radius 2 is 1.59 bits per heavy atom. The number of carbonyl (C=O) groups is 2. The number of hydrogen-bond donors (Lipinski definition) is 6. The Morgan fingerprint density at radius 1 is 1.00 bits per heavy atom. The maximum Gasteiger partial charge on any atom is 0.247 e. The van der Waals surface area contributed by atoms with Crippen LogP contribution in [0.4, 0.5) is 0 Å². The summed E-state index contributed by atoms with van der Waals surface area (Å²) >= 11 is 0. The van der Waals surface area contributed by atoms with Gasteiger partial charge in [-0.05, 0) is 48.9 Å². The van der Waals surface area contributed by atoms with Crippen molar-refractivity contribution >= 4 is 33.6 Å². The molecule has 2 heterocycles. The molecule has 0 aliphatic heterocycles. The van der Waals surface area contributed by atoms with Crippen LogP contribution in [0.15, 0.2) is 48.8 Å². The number of benzene rings is 2. The lowest BCUT2D eigenvalue weighted by Gasteiger charge is -2.27. The van der Waals surface area contributed by atoms with Gasteiger partial charge in [-0.15, -0.1) is 0 Å². The minimum Gasteiger partial charge on any atom is -0.508 e. The van der Waals surface area contributed by atoms with E-state index in [1.165, 1.54) is 19.1 Å². The van der Waals surface area contributed by atoms with Gasteiger partial charge in [0.1, 0.15) is 17.0 Å². The van der Waals surface area contributed by atoms with Crippen molar-refractivity contribution in [2.24, 2.45) is 5.73 Å². The summed E-state index contributed by atoms with van der Waals surface area (Å²) in [5.41, 5.74) is 6.79. The fourth-order valence-corrected chi connectivity index (χ4v) is 3.59. The van der Waals surface area contributed by atoms with Crippen LogP contribution in [0, 0.1) is 0 Å². The molecule has 4 aromatic rings. The standard InChI is InChI=1S/C21H20N4O4/c1-21(20(22)29,16-10-24-18-5-3-13(27)8-15(16)18)25-19(28)6-11-9-23-17-4-2-12(26)7-14(11)17/h2-5,7-10,23-24,26-27H,6H2,1H3,(H2,22,29)(H,25,28). The second-order valence-electron chi connectivity index (χ2n) is 7.19. The number of primary amides is 1. The summed E-state index contributed by atoms with van der Waals surface area (Å²) in [6.45, 7) is 1.53. The molecule has 29 heavy (non-hydrogen) atoms. The van der Waals surface area contributed by atoms with Gasteiger partial charge in [-0.1, -0.05) is 0 Å². The van der Waals surface area contributed by atoms with Crippen LogP contribution in [0.3, 0.4) is 0 Å². The number of nitrogens with one attached hydrogen (secondary N) is 3. The Kier molecular flexibility index (Phi) is 4.19. The first kappa shape index (κ1) is 18.4. The Morgan fingerprint density at radius 3 is 2.24 bits per heavy atom. The van der Waals surface area contributed by atoms with E-state index < -0.39 is 17.4 Å². The average molecular weight is 392 g/mol. The highest BCUT2D eigenvalue weighted by molar-refractivity contribution is 5.98. The number of aromatic amines is 2. The number of nitrogens with two attached hydrogens (primary N) is 1. The van der Waals surface area contributed by atoms with Crippen LogP contribution in [-0.4, -0.2) is 32.0 Å². The van der Waals surface area contributed by atoms with Crippen LogP contribution in [0.25, 0.3) is 21.8 Å². The van der Waals surface area contributed by atoms with Crippen LogP contribution < -0.4 is 11.1 Å². The van der Waals surface area contributed by atoms with Gasteiger partial charge in [-0.2, -0.15) is 0 Å². The summed E-state index contributed by atoms with van der Waals surface area (Å²) < 4.78 is 0. The first-order valence-electron chi connectivity index (χ1n) is 8.98. The first-order valence-corrected chi connectivity index (χ1v) is 8.98. The average Bonchev–Trinajstić information content (AvgIpc) is 3.25. The second-order valence-corrected chi connectivity index (χ2v) is 7.19. The molecule has 0 radical (unpaired) electrons. The van der Waals surface area contributed by atoms with E-state index in [4.69, 9.17) is 5.73 Å². The maximum atomic E-state index is 12.8. The molecule has 4 rings (SSSR count). The monoisotopic (exact) mass is 392 g/mol. The van der Waals surface area contributed by atoms with Gasteiger partial charge < -0.3 is 31.2 Å². The third-order valence-corrected chi connectivity index (χ3v) is 5.19. The molecule has 8 heteroatoms. The largest absolute Gasteiger partial charge is 0.508 e. The normalized spacial score (nSPS) is 13.4. The Labute approximate surface area is 165 Å². The van der Waals surface area contributed by atoms with E-state index in [1.807, 2.05) is 0 Å². The minimum absolute atomic E-state index is 0.0140. The van der Waals surface area contributed by atoms with Crippen molar-refractivity contribution in [1.29, 1.82) is 0 Å².